The van der Waals surface area contributed by atoms with Crippen LogP contribution in [-0.4, -0.2) is 47.4 Å². The number of imide groups is 1. The first-order valence-electron chi connectivity index (χ1n) is 7.39. The first-order valence-corrected chi connectivity index (χ1v) is 7.39. The lowest BCUT2D eigenvalue weighted by atomic mass is 9.94. The highest BCUT2D eigenvalue weighted by atomic mass is 16.3. The molecule has 0 atom stereocenters. The number of nitrogens with one attached hydrogen (secondary N) is 1. The Morgan fingerprint density at radius 2 is 1.65 bits per heavy atom. The second-order valence-electron chi connectivity index (χ2n) is 5.33. The second-order valence-corrected chi connectivity index (χ2v) is 5.33. The molecule has 1 aliphatic heterocycles. The van der Waals surface area contributed by atoms with Crippen molar-refractivity contribution in [2.75, 3.05) is 19.7 Å². The van der Waals surface area contributed by atoms with Gasteiger partial charge in [-0.2, -0.15) is 0 Å². The molecule has 0 aromatic heterocycles. The Bertz CT molecular complexity index is 750. The Labute approximate surface area is 132 Å². The van der Waals surface area contributed by atoms with Crippen LogP contribution in [-0.2, 0) is 4.79 Å². The highest BCUT2D eigenvalue weighted by molar-refractivity contribution is 6.26. The maximum absolute atomic E-state index is 12.6. The van der Waals surface area contributed by atoms with Gasteiger partial charge < -0.3 is 10.4 Å². The largest absolute Gasteiger partial charge is 0.396 e. The molecule has 0 bridgehead atoms. The fourth-order valence-electron chi connectivity index (χ4n) is 2.73. The Hall–Kier alpha value is -2.73. The van der Waals surface area contributed by atoms with Crippen LogP contribution in [0.25, 0.3) is 10.8 Å². The molecule has 0 unspecified atom stereocenters. The topological polar surface area (TPSA) is 86.7 Å². The molecule has 118 valence electrons. The third-order valence-electron chi connectivity index (χ3n) is 3.81. The number of aliphatic hydroxyl groups is 1. The molecule has 0 spiro atoms. The van der Waals surface area contributed by atoms with E-state index in [-0.39, 0.29) is 13.2 Å². The van der Waals surface area contributed by atoms with Crippen LogP contribution in [0.1, 0.15) is 27.1 Å². The number of carbonyl (C=O) groups is 3. The minimum atomic E-state index is -0.461. The number of nitrogens with zero attached hydrogens (tertiary/aromatic N) is 1. The summed E-state index contributed by atoms with van der Waals surface area (Å²) in [5, 5.41) is 12.8. The molecule has 6 nitrogen and oxygen atoms in total. The van der Waals surface area contributed by atoms with E-state index in [0.29, 0.717) is 29.5 Å². The van der Waals surface area contributed by atoms with E-state index in [1.807, 2.05) is 12.1 Å². The van der Waals surface area contributed by atoms with Crippen molar-refractivity contribution in [2.45, 2.75) is 6.42 Å². The molecule has 2 N–H and O–H groups in total. The van der Waals surface area contributed by atoms with Gasteiger partial charge in [-0.3, -0.25) is 19.3 Å². The van der Waals surface area contributed by atoms with Crippen LogP contribution in [0, 0.1) is 0 Å². The van der Waals surface area contributed by atoms with Gasteiger partial charge >= 0.3 is 0 Å². The van der Waals surface area contributed by atoms with E-state index in [4.69, 9.17) is 5.11 Å². The molecule has 0 saturated carbocycles. The van der Waals surface area contributed by atoms with Crippen LogP contribution >= 0.6 is 0 Å². The van der Waals surface area contributed by atoms with Crippen molar-refractivity contribution >= 4 is 28.5 Å². The standard InChI is InChI=1S/C17H16N2O4/c20-9-3-8-18-14(21)10-19-16(22)12-6-1-4-11-5-2-7-13(15(11)12)17(19)23/h1-2,4-7,20H,3,8-10H2,(H,18,21). The van der Waals surface area contributed by atoms with Crippen LogP contribution in [0.3, 0.4) is 0 Å². The summed E-state index contributed by atoms with van der Waals surface area (Å²) in [6.45, 7) is -0.0528. The summed E-state index contributed by atoms with van der Waals surface area (Å²) in [6, 6.07) is 10.5. The van der Waals surface area contributed by atoms with Gasteiger partial charge in [0.05, 0.1) is 0 Å². The first-order chi connectivity index (χ1) is 11.1. The van der Waals surface area contributed by atoms with Gasteiger partial charge in [0.1, 0.15) is 6.54 Å². The summed E-state index contributed by atoms with van der Waals surface area (Å²) in [5.41, 5.74) is 0.863. The van der Waals surface area contributed by atoms with Crippen LogP contribution < -0.4 is 5.32 Å². The fraction of sp³-hybridized carbons (Fsp3) is 0.235. The zero-order valence-electron chi connectivity index (χ0n) is 12.4. The van der Waals surface area contributed by atoms with Crippen molar-refractivity contribution in [3.05, 3.63) is 47.5 Å². The number of benzene rings is 2. The van der Waals surface area contributed by atoms with Crippen molar-refractivity contribution in [3.63, 3.8) is 0 Å². The molecule has 1 heterocycles. The van der Waals surface area contributed by atoms with E-state index in [9.17, 15) is 14.4 Å². The summed E-state index contributed by atoms with van der Waals surface area (Å²) < 4.78 is 0. The van der Waals surface area contributed by atoms with Gasteiger partial charge in [-0.25, -0.2) is 0 Å². The Morgan fingerprint density at radius 3 is 2.22 bits per heavy atom. The second kappa shape index (κ2) is 6.18. The molecule has 0 radical (unpaired) electrons. The Balaban J connectivity index is 1.90. The molecule has 3 amide bonds. The molecule has 1 aliphatic rings. The molecule has 3 rings (SSSR count). The molecule has 0 fully saturated rings. The van der Waals surface area contributed by atoms with Crippen molar-refractivity contribution in [1.29, 1.82) is 0 Å². The highest BCUT2D eigenvalue weighted by Crippen LogP contribution is 2.29. The average Bonchev–Trinajstić information content (AvgIpc) is 2.56. The summed E-state index contributed by atoms with van der Waals surface area (Å²) in [4.78, 5) is 38.0. The van der Waals surface area contributed by atoms with E-state index in [1.165, 1.54) is 0 Å². The molecule has 0 saturated heterocycles. The fourth-order valence-corrected chi connectivity index (χ4v) is 2.73. The Morgan fingerprint density at radius 1 is 1.04 bits per heavy atom. The quantitative estimate of drug-likeness (QED) is 0.635. The van der Waals surface area contributed by atoms with Gasteiger partial charge in [0.25, 0.3) is 11.8 Å². The van der Waals surface area contributed by atoms with Crippen molar-refractivity contribution < 1.29 is 19.5 Å². The summed E-state index contributed by atoms with van der Waals surface area (Å²) >= 11 is 0. The maximum atomic E-state index is 12.6. The normalized spacial score (nSPS) is 13.5. The number of hydrogen-bond acceptors (Lipinski definition) is 4. The van der Waals surface area contributed by atoms with E-state index < -0.39 is 17.7 Å². The van der Waals surface area contributed by atoms with Crippen LogP contribution in [0.2, 0.25) is 0 Å². The van der Waals surface area contributed by atoms with Crippen molar-refractivity contribution in [2.24, 2.45) is 0 Å². The Kier molecular flexibility index (Phi) is 4.08. The zero-order valence-corrected chi connectivity index (χ0v) is 12.4. The van der Waals surface area contributed by atoms with Gasteiger partial charge in [0.2, 0.25) is 5.91 Å². The van der Waals surface area contributed by atoms with Gasteiger partial charge in [0, 0.05) is 29.7 Å². The van der Waals surface area contributed by atoms with Gasteiger partial charge in [-0.1, -0.05) is 24.3 Å². The van der Waals surface area contributed by atoms with E-state index >= 15 is 0 Å². The number of carbonyl (C=O) groups excluding carboxylic acids is 3. The molecular weight excluding hydrogens is 296 g/mol. The first kappa shape index (κ1) is 15.2. The third-order valence-corrected chi connectivity index (χ3v) is 3.81. The van der Waals surface area contributed by atoms with E-state index in [2.05, 4.69) is 5.32 Å². The smallest absolute Gasteiger partial charge is 0.261 e. The molecule has 2 aromatic rings. The number of rotatable bonds is 5. The van der Waals surface area contributed by atoms with Gasteiger partial charge in [-0.05, 0) is 23.9 Å². The van der Waals surface area contributed by atoms with E-state index in [1.54, 1.807) is 24.3 Å². The summed E-state index contributed by atoms with van der Waals surface area (Å²) in [7, 11) is 0. The van der Waals surface area contributed by atoms with Crippen LogP contribution in [0.5, 0.6) is 0 Å². The zero-order chi connectivity index (χ0) is 16.4. The lowest BCUT2D eigenvalue weighted by Crippen LogP contribution is -2.46. The van der Waals surface area contributed by atoms with Gasteiger partial charge in [0.15, 0.2) is 0 Å². The van der Waals surface area contributed by atoms with Crippen LogP contribution in [0.4, 0.5) is 0 Å². The molecule has 2 aromatic carbocycles. The van der Waals surface area contributed by atoms with E-state index in [0.717, 1.165) is 10.3 Å². The summed E-state index contributed by atoms with van der Waals surface area (Å²) in [6.07, 6.45) is 0.426. The van der Waals surface area contributed by atoms with Crippen molar-refractivity contribution in [1.82, 2.24) is 10.2 Å². The number of hydrogen-bond donors (Lipinski definition) is 2. The molecular formula is C17H16N2O4. The third kappa shape index (κ3) is 2.68. The minimum absolute atomic E-state index is 0.0305. The minimum Gasteiger partial charge on any atom is -0.396 e. The van der Waals surface area contributed by atoms with Crippen LogP contribution in [0.15, 0.2) is 36.4 Å². The maximum Gasteiger partial charge on any atom is 0.261 e. The monoisotopic (exact) mass is 312 g/mol. The predicted octanol–water partition coefficient (Wildman–Crippen LogP) is 0.934. The number of amides is 3. The molecule has 23 heavy (non-hydrogen) atoms. The SMILES string of the molecule is O=C(CN1C(=O)c2cccc3cccc(c23)C1=O)NCCCO. The lowest BCUT2D eigenvalue weighted by molar-refractivity contribution is -0.121. The molecule has 0 aliphatic carbocycles. The highest BCUT2D eigenvalue weighted by Gasteiger charge is 2.33. The molecule has 6 heteroatoms. The van der Waals surface area contributed by atoms with Crippen molar-refractivity contribution in [3.8, 4) is 0 Å². The number of aliphatic hydroxyl groups excluding tert-OH is 1. The predicted molar refractivity (Wildman–Crippen MR) is 84.0 cm³/mol. The average molecular weight is 312 g/mol. The lowest BCUT2D eigenvalue weighted by Gasteiger charge is -2.26. The summed E-state index contributed by atoms with van der Waals surface area (Å²) in [5.74, 6) is -1.35. The van der Waals surface area contributed by atoms with Gasteiger partial charge in [-0.15, -0.1) is 0 Å².